The van der Waals surface area contributed by atoms with Gasteiger partial charge in [0.1, 0.15) is 10.6 Å². The third kappa shape index (κ3) is 5.29. The van der Waals surface area contributed by atoms with Gasteiger partial charge in [0.2, 0.25) is 0 Å². The van der Waals surface area contributed by atoms with Gasteiger partial charge in [0, 0.05) is 74.5 Å². The van der Waals surface area contributed by atoms with E-state index in [0.29, 0.717) is 6.54 Å². The van der Waals surface area contributed by atoms with Gasteiger partial charge in [-0.05, 0) is 48.7 Å². The summed E-state index contributed by atoms with van der Waals surface area (Å²) in [6.07, 6.45) is 2.63. The molecule has 0 spiro atoms. The number of benzene rings is 1. The van der Waals surface area contributed by atoms with Crippen LogP contribution in [0.2, 0.25) is 5.02 Å². The highest BCUT2D eigenvalue weighted by molar-refractivity contribution is 7.18. The Hall–Kier alpha value is -2.78. The van der Waals surface area contributed by atoms with E-state index in [4.69, 9.17) is 16.6 Å². The molecular weight excluding hydrogens is 504 g/mol. The molecule has 4 aromatic rings. The summed E-state index contributed by atoms with van der Waals surface area (Å²) >= 11 is 7.71. The van der Waals surface area contributed by atoms with Gasteiger partial charge in [-0.25, -0.2) is 9.97 Å². The first-order valence-corrected chi connectivity index (χ1v) is 14.1. The number of anilines is 1. The Bertz CT molecular complexity index is 1460. The Labute approximate surface area is 225 Å². The first kappa shape index (κ1) is 24.6. The molecule has 37 heavy (non-hydrogen) atoms. The van der Waals surface area contributed by atoms with Gasteiger partial charge < -0.3 is 4.90 Å². The molecule has 192 valence electrons. The molecule has 1 saturated heterocycles. The third-order valence-corrected chi connectivity index (χ3v) is 8.83. The molecule has 2 aliphatic heterocycles. The normalized spacial score (nSPS) is 16.9. The van der Waals surface area contributed by atoms with Crippen LogP contribution in [-0.4, -0.2) is 63.6 Å². The van der Waals surface area contributed by atoms with Crippen molar-refractivity contribution in [1.82, 2.24) is 24.3 Å². The van der Waals surface area contributed by atoms with E-state index in [1.807, 2.05) is 29.7 Å². The summed E-state index contributed by atoms with van der Waals surface area (Å²) in [6, 6.07) is 14.2. The minimum absolute atomic E-state index is 0.108. The summed E-state index contributed by atoms with van der Waals surface area (Å²) in [5, 5.41) is 1.60. The van der Waals surface area contributed by atoms with Gasteiger partial charge in [-0.3, -0.25) is 19.2 Å². The Kier molecular flexibility index (Phi) is 6.99. The molecule has 0 amide bonds. The van der Waals surface area contributed by atoms with Gasteiger partial charge in [-0.15, -0.1) is 11.3 Å². The Morgan fingerprint density at radius 3 is 2.57 bits per heavy atom. The van der Waals surface area contributed by atoms with Crippen molar-refractivity contribution >= 4 is 39.0 Å². The summed E-state index contributed by atoms with van der Waals surface area (Å²) < 4.78 is 1.81. The summed E-state index contributed by atoms with van der Waals surface area (Å²) in [6.45, 7) is 10.1. The summed E-state index contributed by atoms with van der Waals surface area (Å²) in [7, 11) is 0. The number of rotatable bonds is 6. The number of thiophene rings is 1. The fraction of sp³-hybridized carbons (Fsp3) is 0.393. The van der Waals surface area contributed by atoms with Crippen molar-refractivity contribution in [3.8, 4) is 0 Å². The second-order valence-electron chi connectivity index (χ2n) is 9.98. The van der Waals surface area contributed by atoms with Crippen LogP contribution in [0.4, 0.5) is 5.82 Å². The lowest BCUT2D eigenvalue weighted by Gasteiger charge is -2.35. The zero-order chi connectivity index (χ0) is 25.4. The molecule has 0 unspecified atom stereocenters. The molecule has 0 bridgehead atoms. The van der Waals surface area contributed by atoms with Crippen LogP contribution in [0.15, 0.2) is 53.6 Å². The van der Waals surface area contributed by atoms with Crippen LogP contribution in [0.3, 0.4) is 0 Å². The van der Waals surface area contributed by atoms with E-state index in [1.54, 1.807) is 17.7 Å². The number of fused-ring (bicyclic) bond motifs is 3. The molecule has 1 aromatic carbocycles. The predicted molar refractivity (Wildman–Crippen MR) is 151 cm³/mol. The lowest BCUT2D eigenvalue weighted by atomic mass is 10.0. The molecule has 2 aliphatic rings. The third-order valence-electron chi connectivity index (χ3n) is 7.45. The minimum atomic E-state index is 0.108. The zero-order valence-corrected chi connectivity index (χ0v) is 22.6. The summed E-state index contributed by atoms with van der Waals surface area (Å²) in [5.74, 6) is 1.06. The van der Waals surface area contributed by atoms with Gasteiger partial charge in [-0.2, -0.15) is 0 Å². The maximum absolute atomic E-state index is 13.5. The van der Waals surface area contributed by atoms with Crippen LogP contribution in [-0.2, 0) is 26.1 Å². The van der Waals surface area contributed by atoms with Crippen LogP contribution >= 0.6 is 22.9 Å². The number of pyridine rings is 1. The van der Waals surface area contributed by atoms with Crippen LogP contribution < -0.4 is 10.5 Å². The largest absolute Gasteiger partial charge is 0.354 e. The molecule has 5 heterocycles. The number of hydrogen-bond acceptors (Lipinski definition) is 7. The van der Waals surface area contributed by atoms with Crippen LogP contribution in [0.1, 0.15) is 21.7 Å². The van der Waals surface area contributed by atoms with E-state index in [9.17, 15) is 4.79 Å². The van der Waals surface area contributed by atoms with E-state index in [2.05, 4.69) is 43.9 Å². The highest BCUT2D eigenvalue weighted by Gasteiger charge is 2.24. The monoisotopic (exact) mass is 534 g/mol. The molecule has 0 saturated carbocycles. The van der Waals surface area contributed by atoms with E-state index >= 15 is 0 Å². The molecule has 6 rings (SSSR count). The number of halogens is 1. The SMILES string of the molecule is Cc1cccc(N2CCN(CCn3cnc4sc5c(c4c3=O)CCN(Cc3ccc(Cl)cc3)C5)CC2)n1. The molecule has 0 aliphatic carbocycles. The molecule has 1 fully saturated rings. The molecule has 0 radical (unpaired) electrons. The van der Waals surface area contributed by atoms with Gasteiger partial charge >= 0.3 is 0 Å². The van der Waals surface area contributed by atoms with Gasteiger partial charge in [-0.1, -0.05) is 29.8 Å². The van der Waals surface area contributed by atoms with Gasteiger partial charge in [0.25, 0.3) is 5.56 Å². The fourth-order valence-electron chi connectivity index (χ4n) is 5.37. The van der Waals surface area contributed by atoms with Crippen LogP contribution in [0, 0.1) is 6.92 Å². The smallest absolute Gasteiger partial charge is 0.262 e. The zero-order valence-electron chi connectivity index (χ0n) is 21.1. The van der Waals surface area contributed by atoms with Crippen molar-refractivity contribution in [2.75, 3.05) is 44.2 Å². The van der Waals surface area contributed by atoms with Crippen molar-refractivity contribution in [3.63, 3.8) is 0 Å². The van der Waals surface area contributed by atoms with E-state index in [-0.39, 0.29) is 5.56 Å². The average Bonchev–Trinajstić information content (AvgIpc) is 3.28. The van der Waals surface area contributed by atoms with Crippen molar-refractivity contribution in [2.45, 2.75) is 33.0 Å². The number of aryl methyl sites for hydroxylation is 1. The van der Waals surface area contributed by atoms with Crippen LogP contribution in [0.5, 0.6) is 0 Å². The van der Waals surface area contributed by atoms with Gasteiger partial charge in [0.05, 0.1) is 11.7 Å². The Balaban J connectivity index is 1.10. The first-order valence-electron chi connectivity index (χ1n) is 12.9. The van der Waals surface area contributed by atoms with Crippen molar-refractivity contribution in [3.05, 3.63) is 85.9 Å². The minimum Gasteiger partial charge on any atom is -0.354 e. The molecular formula is C28H31ClN6OS. The highest BCUT2D eigenvalue weighted by atomic mass is 35.5. The molecule has 9 heteroatoms. The molecule has 3 aromatic heterocycles. The molecule has 7 nitrogen and oxygen atoms in total. The maximum Gasteiger partial charge on any atom is 0.262 e. The lowest BCUT2D eigenvalue weighted by Crippen LogP contribution is -2.47. The number of hydrogen-bond donors (Lipinski definition) is 0. The lowest BCUT2D eigenvalue weighted by molar-refractivity contribution is 0.246. The average molecular weight is 535 g/mol. The number of nitrogens with zero attached hydrogens (tertiary/aromatic N) is 6. The van der Waals surface area contributed by atoms with Crippen LogP contribution in [0.25, 0.3) is 10.2 Å². The topological polar surface area (TPSA) is 57.5 Å². The van der Waals surface area contributed by atoms with E-state index in [1.165, 1.54) is 16.0 Å². The maximum atomic E-state index is 13.5. The Morgan fingerprint density at radius 1 is 0.973 bits per heavy atom. The predicted octanol–water partition coefficient (Wildman–Crippen LogP) is 4.20. The highest BCUT2D eigenvalue weighted by Crippen LogP contribution is 2.32. The van der Waals surface area contributed by atoms with Crippen molar-refractivity contribution < 1.29 is 0 Å². The number of piperazine rings is 1. The Morgan fingerprint density at radius 2 is 1.78 bits per heavy atom. The number of aromatic nitrogens is 3. The van der Waals surface area contributed by atoms with Crippen molar-refractivity contribution in [1.29, 1.82) is 0 Å². The van der Waals surface area contributed by atoms with Crippen molar-refractivity contribution in [2.24, 2.45) is 0 Å². The summed E-state index contributed by atoms with van der Waals surface area (Å²) in [4.78, 5) is 32.2. The van der Waals surface area contributed by atoms with Gasteiger partial charge in [0.15, 0.2) is 0 Å². The second kappa shape index (κ2) is 10.5. The van der Waals surface area contributed by atoms with E-state index in [0.717, 1.165) is 85.5 Å². The first-order chi connectivity index (χ1) is 18.0. The quantitative estimate of drug-likeness (QED) is 0.369. The standard InChI is InChI=1S/C28H31ClN6OS/c1-20-3-2-4-25(31-20)34-14-11-32(12-15-34)13-16-35-19-30-27-26(28(35)36)23-9-10-33(18-24(23)37-27)17-21-5-7-22(29)8-6-21/h2-8,19H,9-18H2,1H3. The second-order valence-corrected chi connectivity index (χ2v) is 11.5. The molecule has 0 atom stereocenters. The fourth-order valence-corrected chi connectivity index (χ4v) is 6.71. The summed E-state index contributed by atoms with van der Waals surface area (Å²) in [5.41, 5.74) is 3.62. The van der Waals surface area contributed by atoms with E-state index < -0.39 is 0 Å². The molecule has 0 N–H and O–H groups in total.